The Labute approximate surface area is 159 Å². The molecule has 1 fully saturated rings. The van der Waals surface area contributed by atoms with Crippen LogP contribution in [-0.4, -0.2) is 37.8 Å². The third-order valence-corrected chi connectivity index (χ3v) is 18.0. The summed E-state index contributed by atoms with van der Waals surface area (Å²) in [5.74, 6) is 3.20. The van der Waals surface area contributed by atoms with Crippen LogP contribution in [0.4, 0.5) is 0 Å². The Morgan fingerprint density at radius 3 is 2.21 bits per heavy atom. The van der Waals surface area contributed by atoms with Gasteiger partial charge in [-0.05, 0) is 0 Å². The molecule has 24 heavy (non-hydrogen) atoms. The molecular formula is C21H40O2Sn. The first kappa shape index (κ1) is 17.7. The summed E-state index contributed by atoms with van der Waals surface area (Å²) in [5, 5.41) is 0. The van der Waals surface area contributed by atoms with Crippen molar-refractivity contribution in [3.05, 3.63) is 0 Å². The van der Waals surface area contributed by atoms with Crippen molar-refractivity contribution in [1.82, 2.24) is 0 Å². The van der Waals surface area contributed by atoms with Gasteiger partial charge in [0.2, 0.25) is 0 Å². The molecule has 1 rings (SSSR count). The van der Waals surface area contributed by atoms with Crippen LogP contribution in [-0.2, 0) is 9.47 Å². The standard InChI is InChI=1S/C9H13O2.3C4H9.Sn/c1-2-3-7-10-9-6-4-5-8-11-9;3*1-3-4-2;/h9H,3-8H2;3*1,3-4H2,2H3;/i7D2,9D;;;;. The Balaban J connectivity index is 2.81. The third-order valence-electron chi connectivity index (χ3n) is 4.77. The molecule has 0 aromatic carbocycles. The number of rotatable bonds is 12. The van der Waals surface area contributed by atoms with Crippen LogP contribution >= 0.6 is 0 Å². The minimum absolute atomic E-state index is 0.0417. The van der Waals surface area contributed by atoms with Crippen LogP contribution in [0.2, 0.25) is 13.3 Å². The number of unbranched alkanes of at least 4 members (excludes halogenated alkanes) is 3. The van der Waals surface area contributed by atoms with Gasteiger partial charge in [-0.3, -0.25) is 0 Å². The molecule has 1 aliphatic rings. The SMILES string of the molecule is [2H]C([2H])(CC#[C][Sn]([CH2]CCC)([CH2]CCC)[CH2]CCC)OC1([2H])CCCCO1. The van der Waals surface area contributed by atoms with Gasteiger partial charge in [0.15, 0.2) is 0 Å². The Morgan fingerprint density at radius 1 is 1.08 bits per heavy atom. The van der Waals surface area contributed by atoms with Gasteiger partial charge in [0.25, 0.3) is 0 Å². The average molecular weight is 446 g/mol. The van der Waals surface area contributed by atoms with Gasteiger partial charge in [0.05, 0.1) is 0 Å². The summed E-state index contributed by atoms with van der Waals surface area (Å²) in [7, 11) is 0. The molecule has 2 nitrogen and oxygen atoms in total. The molecule has 0 radical (unpaired) electrons. The van der Waals surface area contributed by atoms with E-state index in [0.717, 1.165) is 12.8 Å². The summed E-state index contributed by atoms with van der Waals surface area (Å²) in [4.78, 5) is 0. The van der Waals surface area contributed by atoms with Gasteiger partial charge in [-0.1, -0.05) is 0 Å². The molecule has 3 heteroatoms. The van der Waals surface area contributed by atoms with E-state index in [1.807, 2.05) is 0 Å². The molecule has 1 atom stereocenters. The summed E-state index contributed by atoms with van der Waals surface area (Å²) >= 11 is -2.56. The van der Waals surface area contributed by atoms with Gasteiger partial charge in [-0.2, -0.15) is 0 Å². The molecule has 0 aromatic heterocycles. The fourth-order valence-electron chi connectivity index (χ4n) is 3.20. The van der Waals surface area contributed by atoms with Crippen LogP contribution in [0.1, 0.15) is 89.1 Å². The number of hydrogen-bond acceptors (Lipinski definition) is 2. The molecule has 1 saturated heterocycles. The quantitative estimate of drug-likeness (QED) is 0.258. The first-order valence-electron chi connectivity index (χ1n) is 11.6. The zero-order valence-corrected chi connectivity index (χ0v) is 19.1. The maximum absolute atomic E-state index is 8.19. The van der Waals surface area contributed by atoms with Crippen LogP contribution in [0.15, 0.2) is 0 Å². The predicted octanol–water partition coefficient (Wildman–Crippen LogP) is 6.31. The number of ether oxygens (including phenoxy) is 2. The molecule has 1 unspecified atom stereocenters. The van der Waals surface area contributed by atoms with Crippen LogP contribution in [0.3, 0.4) is 0 Å². The second-order valence-electron chi connectivity index (χ2n) is 6.99. The van der Waals surface area contributed by atoms with Crippen LogP contribution in [0.5, 0.6) is 0 Å². The van der Waals surface area contributed by atoms with Gasteiger partial charge in [-0.25, -0.2) is 0 Å². The van der Waals surface area contributed by atoms with E-state index < -0.39 is 31.2 Å². The molecule has 0 aliphatic carbocycles. The van der Waals surface area contributed by atoms with E-state index in [-0.39, 0.29) is 6.42 Å². The summed E-state index contributed by atoms with van der Waals surface area (Å²) in [6.07, 6.45) is 8.07. The number of hydrogen-bond donors (Lipinski definition) is 0. The topological polar surface area (TPSA) is 18.5 Å². The summed E-state index contributed by atoms with van der Waals surface area (Å²) in [6, 6.07) is 0. The van der Waals surface area contributed by atoms with Crippen molar-refractivity contribution in [3.8, 4) is 9.86 Å². The fourth-order valence-corrected chi connectivity index (χ4v) is 16.6. The summed E-state index contributed by atoms with van der Waals surface area (Å²) < 4.78 is 42.9. The Kier molecular flexibility index (Phi) is 10.6. The first-order chi connectivity index (χ1) is 12.8. The maximum atomic E-state index is 8.19. The molecular weight excluding hydrogens is 403 g/mol. The minimum atomic E-state index is -2.56. The molecule has 0 bridgehead atoms. The van der Waals surface area contributed by atoms with Crippen LogP contribution in [0.25, 0.3) is 0 Å². The summed E-state index contributed by atoms with van der Waals surface area (Å²) in [6.45, 7) is 5.27. The molecule has 0 aromatic rings. The predicted molar refractivity (Wildman–Crippen MR) is 107 cm³/mol. The molecule has 1 heterocycles. The van der Waals surface area contributed by atoms with Crippen molar-refractivity contribution >= 4 is 18.4 Å². The van der Waals surface area contributed by atoms with E-state index in [1.165, 1.54) is 51.8 Å². The van der Waals surface area contributed by atoms with E-state index >= 15 is 0 Å². The van der Waals surface area contributed by atoms with Crippen molar-refractivity contribution in [2.24, 2.45) is 0 Å². The second-order valence-corrected chi connectivity index (χ2v) is 19.3. The van der Waals surface area contributed by atoms with E-state index in [1.54, 1.807) is 0 Å². The fraction of sp³-hybridized carbons (Fsp3) is 0.905. The van der Waals surface area contributed by atoms with E-state index in [9.17, 15) is 0 Å². The first-order valence-corrected chi connectivity index (χ1v) is 17.6. The molecule has 0 amide bonds. The average Bonchev–Trinajstić information content (AvgIpc) is 2.62. The van der Waals surface area contributed by atoms with E-state index in [2.05, 4.69) is 30.6 Å². The molecule has 0 saturated carbocycles. The molecule has 140 valence electrons. The Morgan fingerprint density at radius 2 is 1.71 bits per heavy atom. The van der Waals surface area contributed by atoms with Crippen molar-refractivity contribution in [2.75, 3.05) is 13.2 Å². The van der Waals surface area contributed by atoms with E-state index in [0.29, 0.717) is 13.0 Å². The molecule has 1 aliphatic heterocycles. The van der Waals surface area contributed by atoms with Gasteiger partial charge in [0.1, 0.15) is 0 Å². The zero-order valence-electron chi connectivity index (χ0n) is 19.2. The second kappa shape index (κ2) is 14.4. The third kappa shape index (κ3) is 9.68. The van der Waals surface area contributed by atoms with Crippen LogP contribution in [0, 0.1) is 9.86 Å². The van der Waals surface area contributed by atoms with Gasteiger partial charge in [0, 0.05) is 0 Å². The van der Waals surface area contributed by atoms with Crippen molar-refractivity contribution in [2.45, 2.75) is 105 Å². The monoisotopic (exact) mass is 447 g/mol. The zero-order chi connectivity index (χ0) is 20.2. The van der Waals surface area contributed by atoms with Gasteiger partial charge < -0.3 is 0 Å². The van der Waals surface area contributed by atoms with Crippen molar-refractivity contribution in [3.63, 3.8) is 0 Å². The van der Waals surface area contributed by atoms with Gasteiger partial charge in [-0.15, -0.1) is 0 Å². The molecule has 0 spiro atoms. The van der Waals surface area contributed by atoms with Crippen molar-refractivity contribution < 1.29 is 13.6 Å². The van der Waals surface area contributed by atoms with E-state index in [4.69, 9.17) is 13.6 Å². The van der Waals surface area contributed by atoms with Crippen molar-refractivity contribution in [1.29, 1.82) is 0 Å². The summed E-state index contributed by atoms with van der Waals surface area (Å²) in [5.41, 5.74) is 0. The Bertz CT molecular complexity index is 446. The van der Waals surface area contributed by atoms with Crippen LogP contribution < -0.4 is 0 Å². The Hall–Kier alpha value is 0.279. The molecule has 0 N–H and O–H groups in total. The normalized spacial score (nSPS) is 23.7. The van der Waals surface area contributed by atoms with Gasteiger partial charge >= 0.3 is 160 Å².